The van der Waals surface area contributed by atoms with Crippen LogP contribution < -0.4 is 10.6 Å². The van der Waals surface area contributed by atoms with E-state index in [9.17, 15) is 0 Å². The van der Waals surface area contributed by atoms with Gasteiger partial charge in [-0.05, 0) is 73.8 Å². The van der Waals surface area contributed by atoms with Crippen LogP contribution in [0.4, 0.5) is 11.4 Å². The lowest BCUT2D eigenvalue weighted by atomic mass is 10.1. The molecule has 2 nitrogen and oxygen atoms in total. The average molecular weight is 333 g/mol. The van der Waals surface area contributed by atoms with Gasteiger partial charge in [0.05, 0.1) is 0 Å². The summed E-state index contributed by atoms with van der Waals surface area (Å²) in [5.74, 6) is 0. The van der Waals surface area contributed by atoms with Crippen LogP contribution >= 0.6 is 15.9 Å². The number of hydrogen-bond acceptors (Lipinski definition) is 2. The molecule has 0 fully saturated rings. The van der Waals surface area contributed by atoms with E-state index in [4.69, 9.17) is 5.73 Å². The lowest BCUT2D eigenvalue weighted by molar-refractivity contribution is 0.959. The van der Waals surface area contributed by atoms with Crippen molar-refractivity contribution in [2.45, 2.75) is 20.3 Å². The van der Waals surface area contributed by atoms with Crippen molar-refractivity contribution in [3.63, 3.8) is 0 Å². The average Bonchev–Trinajstić information content (AvgIpc) is 2.37. The van der Waals surface area contributed by atoms with Crippen LogP contribution in [0, 0.1) is 13.8 Å². The molecule has 2 rings (SSSR count). The van der Waals surface area contributed by atoms with Gasteiger partial charge in [-0.15, -0.1) is 0 Å². The molecule has 0 radical (unpaired) electrons. The zero-order chi connectivity index (χ0) is 14.7. The first-order valence-electron chi connectivity index (χ1n) is 6.82. The summed E-state index contributed by atoms with van der Waals surface area (Å²) >= 11 is 3.54. The maximum atomic E-state index is 5.73. The van der Waals surface area contributed by atoms with Crippen LogP contribution in [0.15, 0.2) is 40.9 Å². The first-order valence-corrected chi connectivity index (χ1v) is 7.61. The Morgan fingerprint density at radius 2 is 1.70 bits per heavy atom. The highest BCUT2D eigenvalue weighted by Crippen LogP contribution is 2.30. The lowest BCUT2D eigenvalue weighted by Gasteiger charge is -2.24. The summed E-state index contributed by atoms with van der Waals surface area (Å²) in [5.41, 5.74) is 12.0. The van der Waals surface area contributed by atoms with Crippen LogP contribution in [0.2, 0.25) is 0 Å². The second kappa shape index (κ2) is 6.42. The first kappa shape index (κ1) is 15.1. The van der Waals surface area contributed by atoms with Gasteiger partial charge in [0.25, 0.3) is 0 Å². The second-order valence-electron chi connectivity index (χ2n) is 5.22. The van der Waals surface area contributed by atoms with Crippen molar-refractivity contribution in [3.8, 4) is 0 Å². The van der Waals surface area contributed by atoms with Crippen LogP contribution in [0.3, 0.4) is 0 Å². The van der Waals surface area contributed by atoms with E-state index >= 15 is 0 Å². The highest BCUT2D eigenvalue weighted by molar-refractivity contribution is 9.10. The predicted molar refractivity (Wildman–Crippen MR) is 90.9 cm³/mol. The second-order valence-corrected chi connectivity index (χ2v) is 6.13. The van der Waals surface area contributed by atoms with E-state index in [1.165, 1.54) is 28.1 Å². The van der Waals surface area contributed by atoms with Crippen LogP contribution in [0.5, 0.6) is 0 Å². The van der Waals surface area contributed by atoms with Crippen molar-refractivity contribution in [3.05, 3.63) is 57.6 Å². The Labute approximate surface area is 129 Å². The molecule has 3 heteroatoms. The Hall–Kier alpha value is -1.32. The summed E-state index contributed by atoms with van der Waals surface area (Å²) < 4.78 is 1.10. The number of rotatable bonds is 4. The number of benzene rings is 2. The Bertz CT molecular complexity index is 588. The standard InChI is InChI=1S/C17H21BrN2/c1-12-8-13(2)10-16(9-12)20(3)17-5-4-15(18)11-14(17)6-7-19/h4-5,8-11H,6-7,19H2,1-3H3. The number of aryl methyl sites for hydroxylation is 2. The molecule has 0 aromatic heterocycles. The third kappa shape index (κ3) is 3.41. The molecule has 0 bridgehead atoms. The molecule has 0 aliphatic rings. The Morgan fingerprint density at radius 3 is 2.30 bits per heavy atom. The summed E-state index contributed by atoms with van der Waals surface area (Å²) in [7, 11) is 2.11. The van der Waals surface area contributed by atoms with E-state index < -0.39 is 0 Å². The molecule has 0 unspecified atom stereocenters. The number of halogens is 1. The maximum Gasteiger partial charge on any atom is 0.0441 e. The van der Waals surface area contributed by atoms with Gasteiger partial charge in [0.2, 0.25) is 0 Å². The molecule has 2 aromatic rings. The van der Waals surface area contributed by atoms with E-state index in [0.29, 0.717) is 6.54 Å². The molecular weight excluding hydrogens is 312 g/mol. The SMILES string of the molecule is Cc1cc(C)cc(N(C)c2ccc(Br)cc2CCN)c1. The van der Waals surface area contributed by atoms with Gasteiger partial charge in [-0.1, -0.05) is 22.0 Å². The van der Waals surface area contributed by atoms with Crippen LogP contribution in [0.25, 0.3) is 0 Å². The molecule has 0 amide bonds. The summed E-state index contributed by atoms with van der Waals surface area (Å²) in [6, 6.07) is 13.0. The largest absolute Gasteiger partial charge is 0.344 e. The quantitative estimate of drug-likeness (QED) is 0.902. The molecular formula is C17H21BrN2. The van der Waals surface area contributed by atoms with E-state index in [0.717, 1.165) is 10.9 Å². The van der Waals surface area contributed by atoms with Crippen LogP contribution in [-0.2, 0) is 6.42 Å². The minimum Gasteiger partial charge on any atom is -0.344 e. The molecule has 0 aliphatic carbocycles. The molecule has 0 saturated carbocycles. The van der Waals surface area contributed by atoms with E-state index in [2.05, 4.69) is 78.1 Å². The molecule has 0 aliphatic heterocycles. The fraction of sp³-hybridized carbons (Fsp3) is 0.294. The highest BCUT2D eigenvalue weighted by atomic mass is 79.9. The molecule has 2 aromatic carbocycles. The van der Waals surface area contributed by atoms with Crippen LogP contribution in [0.1, 0.15) is 16.7 Å². The van der Waals surface area contributed by atoms with Gasteiger partial charge in [-0.2, -0.15) is 0 Å². The van der Waals surface area contributed by atoms with Gasteiger partial charge in [0.1, 0.15) is 0 Å². The minimum atomic E-state index is 0.657. The Morgan fingerprint density at radius 1 is 1.05 bits per heavy atom. The fourth-order valence-electron chi connectivity index (χ4n) is 2.52. The van der Waals surface area contributed by atoms with Gasteiger partial charge in [-0.25, -0.2) is 0 Å². The summed E-state index contributed by atoms with van der Waals surface area (Å²) in [6.07, 6.45) is 0.879. The molecule has 20 heavy (non-hydrogen) atoms. The highest BCUT2D eigenvalue weighted by Gasteiger charge is 2.10. The summed E-state index contributed by atoms with van der Waals surface area (Å²) in [6.45, 7) is 4.92. The lowest BCUT2D eigenvalue weighted by Crippen LogP contribution is -2.14. The molecule has 0 saturated heterocycles. The van der Waals surface area contributed by atoms with Crippen LogP contribution in [-0.4, -0.2) is 13.6 Å². The molecule has 0 atom stereocenters. The van der Waals surface area contributed by atoms with Crippen molar-refractivity contribution < 1.29 is 0 Å². The summed E-state index contributed by atoms with van der Waals surface area (Å²) in [5, 5.41) is 0. The molecule has 0 heterocycles. The number of anilines is 2. The maximum absolute atomic E-state index is 5.73. The van der Waals surface area contributed by atoms with Gasteiger partial charge in [-0.3, -0.25) is 0 Å². The third-order valence-electron chi connectivity index (χ3n) is 3.41. The molecule has 2 N–H and O–H groups in total. The summed E-state index contributed by atoms with van der Waals surface area (Å²) in [4.78, 5) is 2.23. The zero-order valence-corrected chi connectivity index (χ0v) is 13.9. The first-order chi connectivity index (χ1) is 9.51. The minimum absolute atomic E-state index is 0.657. The van der Waals surface area contributed by atoms with Crippen molar-refractivity contribution in [2.75, 3.05) is 18.5 Å². The van der Waals surface area contributed by atoms with Gasteiger partial charge < -0.3 is 10.6 Å². The van der Waals surface area contributed by atoms with Crippen molar-refractivity contribution in [1.29, 1.82) is 0 Å². The number of hydrogen-bond donors (Lipinski definition) is 1. The fourth-order valence-corrected chi connectivity index (χ4v) is 2.93. The van der Waals surface area contributed by atoms with Gasteiger partial charge in [0.15, 0.2) is 0 Å². The van der Waals surface area contributed by atoms with Gasteiger partial charge in [0, 0.05) is 22.9 Å². The van der Waals surface area contributed by atoms with Gasteiger partial charge >= 0.3 is 0 Å². The zero-order valence-electron chi connectivity index (χ0n) is 12.3. The van der Waals surface area contributed by atoms with Crippen molar-refractivity contribution in [2.24, 2.45) is 5.73 Å². The topological polar surface area (TPSA) is 29.3 Å². The Balaban J connectivity index is 2.44. The van der Waals surface area contributed by atoms with E-state index in [-0.39, 0.29) is 0 Å². The monoisotopic (exact) mass is 332 g/mol. The number of nitrogens with zero attached hydrogens (tertiary/aromatic N) is 1. The predicted octanol–water partition coefficient (Wildman–Crippen LogP) is 4.34. The van der Waals surface area contributed by atoms with E-state index in [1.807, 2.05) is 0 Å². The van der Waals surface area contributed by atoms with Crippen molar-refractivity contribution >= 4 is 27.3 Å². The van der Waals surface area contributed by atoms with E-state index in [1.54, 1.807) is 0 Å². The van der Waals surface area contributed by atoms with Crippen molar-refractivity contribution in [1.82, 2.24) is 0 Å². The molecule has 0 spiro atoms. The smallest absolute Gasteiger partial charge is 0.0441 e. The third-order valence-corrected chi connectivity index (χ3v) is 3.90. The molecule has 106 valence electrons. The normalized spacial score (nSPS) is 10.7. The number of nitrogens with two attached hydrogens (primary N) is 1. The Kier molecular flexibility index (Phi) is 4.84.